The van der Waals surface area contributed by atoms with Crippen molar-refractivity contribution in [1.82, 2.24) is 4.90 Å². The van der Waals surface area contributed by atoms with E-state index in [-0.39, 0.29) is 17.4 Å². The molecule has 1 N–H and O–H groups in total. The first-order chi connectivity index (χ1) is 15.7. The lowest BCUT2D eigenvalue weighted by atomic mass is 9.93. The monoisotopic (exact) mass is 451 g/mol. The molecule has 3 rings (SSSR count). The summed E-state index contributed by atoms with van der Waals surface area (Å²) in [5, 5.41) is 11.2. The van der Waals surface area contributed by atoms with Gasteiger partial charge in [0.15, 0.2) is 0 Å². The second kappa shape index (κ2) is 10.7. The maximum absolute atomic E-state index is 13.1. The number of aliphatic hydroxyl groups is 1. The summed E-state index contributed by atoms with van der Waals surface area (Å²) >= 11 is 0. The van der Waals surface area contributed by atoms with Crippen LogP contribution in [0.15, 0.2) is 54.1 Å². The lowest BCUT2D eigenvalue weighted by molar-refractivity contribution is -0.140. The SMILES string of the molecule is COc1cccc(/C(O)=C2/C(=O)C(=O)N(CCCOC(C)C)C2c2ccc(C(C)C)cc2)c1. The lowest BCUT2D eigenvalue weighted by Gasteiger charge is -2.26. The van der Waals surface area contributed by atoms with E-state index in [1.54, 1.807) is 29.2 Å². The zero-order valence-corrected chi connectivity index (χ0v) is 20.0. The number of methoxy groups -OCH3 is 1. The summed E-state index contributed by atoms with van der Waals surface area (Å²) in [5.41, 5.74) is 2.47. The van der Waals surface area contributed by atoms with Crippen molar-refractivity contribution < 1.29 is 24.2 Å². The first-order valence-electron chi connectivity index (χ1n) is 11.4. The van der Waals surface area contributed by atoms with Crippen LogP contribution in [-0.2, 0) is 14.3 Å². The Bertz CT molecular complexity index is 1020. The molecule has 0 aliphatic carbocycles. The minimum absolute atomic E-state index is 0.0906. The van der Waals surface area contributed by atoms with Gasteiger partial charge in [-0.15, -0.1) is 0 Å². The minimum Gasteiger partial charge on any atom is -0.507 e. The zero-order valence-electron chi connectivity index (χ0n) is 20.0. The average molecular weight is 452 g/mol. The van der Waals surface area contributed by atoms with E-state index >= 15 is 0 Å². The number of benzene rings is 2. The van der Waals surface area contributed by atoms with Gasteiger partial charge in [0.05, 0.1) is 24.8 Å². The van der Waals surface area contributed by atoms with Crippen molar-refractivity contribution in [2.45, 2.75) is 52.2 Å². The van der Waals surface area contributed by atoms with Crippen LogP contribution in [0.4, 0.5) is 0 Å². The Morgan fingerprint density at radius 2 is 1.76 bits per heavy atom. The molecule has 2 aromatic carbocycles. The molecule has 1 aliphatic rings. The summed E-state index contributed by atoms with van der Waals surface area (Å²) in [6.07, 6.45) is 0.679. The summed E-state index contributed by atoms with van der Waals surface area (Å²) in [6, 6.07) is 14.0. The van der Waals surface area contributed by atoms with Crippen LogP contribution in [0.2, 0.25) is 0 Å². The molecule has 0 radical (unpaired) electrons. The molecule has 1 saturated heterocycles. The number of nitrogens with zero attached hydrogens (tertiary/aromatic N) is 1. The van der Waals surface area contributed by atoms with E-state index in [0.717, 1.165) is 11.1 Å². The van der Waals surface area contributed by atoms with Crippen LogP contribution >= 0.6 is 0 Å². The van der Waals surface area contributed by atoms with Crippen molar-refractivity contribution in [1.29, 1.82) is 0 Å². The van der Waals surface area contributed by atoms with Gasteiger partial charge in [0.2, 0.25) is 0 Å². The van der Waals surface area contributed by atoms with Gasteiger partial charge in [-0.2, -0.15) is 0 Å². The van der Waals surface area contributed by atoms with Crippen LogP contribution in [0, 0.1) is 0 Å². The van der Waals surface area contributed by atoms with Gasteiger partial charge in [0.25, 0.3) is 11.7 Å². The highest BCUT2D eigenvalue weighted by Crippen LogP contribution is 2.40. The van der Waals surface area contributed by atoms with E-state index in [2.05, 4.69) is 13.8 Å². The number of rotatable bonds is 9. The van der Waals surface area contributed by atoms with Crippen LogP contribution in [0.5, 0.6) is 5.75 Å². The standard InChI is InChI=1S/C27H33NO5/c1-17(2)19-10-12-20(13-11-19)24-23(25(29)21-8-6-9-22(16-21)32-5)26(30)27(31)28(24)14-7-15-33-18(3)4/h6,8-13,16-18,24,29H,7,14-15H2,1-5H3/b25-23-. The summed E-state index contributed by atoms with van der Waals surface area (Å²) in [5.74, 6) is -0.585. The minimum atomic E-state index is -0.682. The van der Waals surface area contributed by atoms with E-state index in [0.29, 0.717) is 36.8 Å². The van der Waals surface area contributed by atoms with E-state index in [1.807, 2.05) is 38.1 Å². The number of likely N-dealkylation sites (tertiary alicyclic amines) is 1. The van der Waals surface area contributed by atoms with Crippen LogP contribution in [0.3, 0.4) is 0 Å². The number of aliphatic hydroxyl groups excluding tert-OH is 1. The number of carbonyl (C=O) groups is 2. The second-order valence-corrected chi connectivity index (χ2v) is 8.82. The van der Waals surface area contributed by atoms with E-state index in [1.165, 1.54) is 7.11 Å². The van der Waals surface area contributed by atoms with Crippen LogP contribution in [-0.4, -0.2) is 48.1 Å². The predicted molar refractivity (Wildman–Crippen MR) is 128 cm³/mol. The molecule has 0 spiro atoms. The fourth-order valence-corrected chi connectivity index (χ4v) is 4.00. The Labute approximate surface area is 195 Å². The number of amides is 1. The van der Waals surface area contributed by atoms with Crippen molar-refractivity contribution in [2.24, 2.45) is 0 Å². The maximum atomic E-state index is 13.1. The topological polar surface area (TPSA) is 76.1 Å². The van der Waals surface area contributed by atoms with Crippen molar-refractivity contribution in [2.75, 3.05) is 20.3 Å². The Morgan fingerprint density at radius 3 is 2.36 bits per heavy atom. The van der Waals surface area contributed by atoms with Crippen molar-refractivity contribution >= 4 is 17.4 Å². The van der Waals surface area contributed by atoms with Gasteiger partial charge in [-0.3, -0.25) is 9.59 Å². The molecular formula is C27H33NO5. The molecule has 176 valence electrons. The fraction of sp³-hybridized carbons (Fsp3) is 0.407. The second-order valence-electron chi connectivity index (χ2n) is 8.82. The van der Waals surface area contributed by atoms with Gasteiger partial charge in [-0.25, -0.2) is 0 Å². The summed E-state index contributed by atoms with van der Waals surface area (Å²) in [6.45, 7) is 8.96. The van der Waals surface area contributed by atoms with Gasteiger partial charge in [0.1, 0.15) is 11.5 Å². The number of ether oxygens (including phenoxy) is 2. The normalized spacial score (nSPS) is 17.9. The number of carbonyl (C=O) groups excluding carboxylic acids is 2. The molecule has 0 bridgehead atoms. The molecule has 2 aromatic rings. The Morgan fingerprint density at radius 1 is 1.06 bits per heavy atom. The quantitative estimate of drug-likeness (QED) is 0.250. The van der Waals surface area contributed by atoms with E-state index < -0.39 is 17.7 Å². The summed E-state index contributed by atoms with van der Waals surface area (Å²) in [4.78, 5) is 27.7. The highest BCUT2D eigenvalue weighted by Gasteiger charge is 2.45. The third-order valence-corrected chi connectivity index (χ3v) is 5.80. The summed E-state index contributed by atoms with van der Waals surface area (Å²) in [7, 11) is 1.54. The molecule has 1 unspecified atom stereocenters. The third kappa shape index (κ3) is 5.45. The number of hydrogen-bond acceptors (Lipinski definition) is 5. The zero-order chi connectivity index (χ0) is 24.1. The number of Topliss-reactive ketones (excluding diaryl/α,β-unsaturated/α-hetero) is 1. The van der Waals surface area contributed by atoms with Crippen LogP contribution in [0.25, 0.3) is 5.76 Å². The maximum Gasteiger partial charge on any atom is 0.295 e. The van der Waals surface area contributed by atoms with Crippen molar-refractivity contribution in [3.8, 4) is 5.75 Å². The predicted octanol–water partition coefficient (Wildman–Crippen LogP) is 5.06. The average Bonchev–Trinajstić information content (AvgIpc) is 3.06. The molecular weight excluding hydrogens is 418 g/mol. The van der Waals surface area contributed by atoms with Crippen molar-refractivity contribution in [3.63, 3.8) is 0 Å². The van der Waals surface area contributed by atoms with Gasteiger partial charge < -0.3 is 19.5 Å². The summed E-state index contributed by atoms with van der Waals surface area (Å²) < 4.78 is 10.9. The molecule has 0 saturated carbocycles. The highest BCUT2D eigenvalue weighted by molar-refractivity contribution is 6.46. The van der Waals surface area contributed by atoms with Gasteiger partial charge in [-0.1, -0.05) is 50.2 Å². The molecule has 1 fully saturated rings. The van der Waals surface area contributed by atoms with E-state index in [4.69, 9.17) is 9.47 Å². The highest BCUT2D eigenvalue weighted by atomic mass is 16.5. The molecule has 1 atom stereocenters. The molecule has 33 heavy (non-hydrogen) atoms. The number of hydrogen-bond donors (Lipinski definition) is 1. The largest absolute Gasteiger partial charge is 0.507 e. The Balaban J connectivity index is 2.05. The number of ketones is 1. The first-order valence-corrected chi connectivity index (χ1v) is 11.4. The smallest absolute Gasteiger partial charge is 0.295 e. The third-order valence-electron chi connectivity index (χ3n) is 5.80. The van der Waals surface area contributed by atoms with Crippen LogP contribution < -0.4 is 4.74 Å². The molecule has 1 amide bonds. The van der Waals surface area contributed by atoms with Crippen molar-refractivity contribution in [3.05, 3.63) is 70.8 Å². The van der Waals surface area contributed by atoms with Gasteiger partial charge in [0, 0.05) is 18.7 Å². The molecule has 1 aliphatic heterocycles. The van der Waals surface area contributed by atoms with E-state index in [9.17, 15) is 14.7 Å². The molecule has 6 heteroatoms. The molecule has 6 nitrogen and oxygen atoms in total. The van der Waals surface area contributed by atoms with Crippen LogP contribution in [0.1, 0.15) is 62.8 Å². The molecule has 0 aromatic heterocycles. The molecule has 1 heterocycles. The fourth-order valence-electron chi connectivity index (χ4n) is 4.00. The first kappa shape index (κ1) is 24.5. The van der Waals surface area contributed by atoms with Gasteiger partial charge in [-0.05, 0) is 49.4 Å². The Hall–Kier alpha value is -3.12. The Kier molecular flexibility index (Phi) is 7.92. The lowest BCUT2D eigenvalue weighted by Crippen LogP contribution is -2.31. The van der Waals surface area contributed by atoms with Gasteiger partial charge >= 0.3 is 0 Å².